The molecule has 2 bridgehead atoms. The summed E-state index contributed by atoms with van der Waals surface area (Å²) in [6, 6.07) is 4.37. The highest BCUT2D eigenvalue weighted by molar-refractivity contribution is 6.33. The number of ether oxygens (including phenoxy) is 3. The Labute approximate surface area is 238 Å². The van der Waals surface area contributed by atoms with E-state index in [4.69, 9.17) is 25.8 Å². The Morgan fingerprint density at radius 1 is 1.32 bits per heavy atom. The van der Waals surface area contributed by atoms with Gasteiger partial charge in [0.15, 0.2) is 11.6 Å². The van der Waals surface area contributed by atoms with Crippen molar-refractivity contribution < 1.29 is 32.2 Å². The molecule has 0 aliphatic carbocycles. The molecule has 41 heavy (non-hydrogen) atoms. The number of hydrogen-bond acceptors (Lipinski definition) is 8. The van der Waals surface area contributed by atoms with Gasteiger partial charge in [0.25, 0.3) is 0 Å². The highest BCUT2D eigenvalue weighted by Crippen LogP contribution is 2.43. The van der Waals surface area contributed by atoms with Crippen molar-refractivity contribution in [2.45, 2.75) is 50.9 Å². The second-order valence-electron chi connectivity index (χ2n) is 10.5. The van der Waals surface area contributed by atoms with Gasteiger partial charge in [-0.3, -0.25) is 9.58 Å². The average molecular weight is 594 g/mol. The molecule has 6 rings (SSSR count). The van der Waals surface area contributed by atoms with Gasteiger partial charge in [-0.2, -0.15) is 18.3 Å². The van der Waals surface area contributed by atoms with E-state index in [1.807, 2.05) is 13.8 Å². The average Bonchev–Trinajstić information content (AvgIpc) is 3.61. The van der Waals surface area contributed by atoms with Crippen molar-refractivity contribution in [1.29, 1.82) is 0 Å². The van der Waals surface area contributed by atoms with Crippen LogP contribution in [0.5, 0.6) is 5.88 Å². The van der Waals surface area contributed by atoms with Gasteiger partial charge in [-0.25, -0.2) is 14.8 Å². The van der Waals surface area contributed by atoms with Crippen LogP contribution in [0.15, 0.2) is 36.8 Å². The van der Waals surface area contributed by atoms with Crippen LogP contribution in [-0.2, 0) is 16.0 Å². The molecule has 1 N–H and O–H groups in total. The van der Waals surface area contributed by atoms with Crippen LogP contribution in [0.2, 0.25) is 5.02 Å². The second kappa shape index (κ2) is 10.3. The molecule has 11 nitrogen and oxygen atoms in total. The van der Waals surface area contributed by atoms with Gasteiger partial charge >= 0.3 is 12.2 Å². The molecule has 3 aliphatic rings. The molecule has 2 saturated heterocycles. The maximum atomic E-state index is 13.6. The third kappa shape index (κ3) is 5.90. The number of anilines is 3. The maximum Gasteiger partial charge on any atom is 0.408 e. The number of amides is 2. The van der Waals surface area contributed by atoms with Gasteiger partial charge in [0, 0.05) is 42.8 Å². The van der Waals surface area contributed by atoms with E-state index < -0.39 is 24.5 Å². The number of aromatic nitrogens is 4. The summed E-state index contributed by atoms with van der Waals surface area (Å²) in [4.78, 5) is 26.2. The minimum atomic E-state index is -4.43. The molecule has 0 aromatic carbocycles. The van der Waals surface area contributed by atoms with E-state index in [0.717, 1.165) is 4.68 Å². The molecular weight excluding hydrogens is 567 g/mol. The van der Waals surface area contributed by atoms with Crippen molar-refractivity contribution in [2.24, 2.45) is 0 Å². The number of carbonyl (C=O) groups excluding carboxylic acids is 1. The summed E-state index contributed by atoms with van der Waals surface area (Å²) in [6.45, 7) is 4.37. The Morgan fingerprint density at radius 3 is 2.90 bits per heavy atom. The van der Waals surface area contributed by atoms with Crippen LogP contribution in [0.1, 0.15) is 20.3 Å². The number of pyridine rings is 2. The Kier molecular flexibility index (Phi) is 6.94. The first-order chi connectivity index (χ1) is 19.4. The van der Waals surface area contributed by atoms with Gasteiger partial charge in [0.05, 0.1) is 35.2 Å². The SMILES string of the molecule is CC1(C)OC[C@@H](COc2cc(NC(=O)N3c4nc(-c5cnn(CC(F)(F)F)c5)c(Cl)cc4N4CC[C@H]3C4)ccn2)O1. The zero-order chi connectivity index (χ0) is 28.9. The largest absolute Gasteiger partial charge is 0.475 e. The molecule has 2 atom stereocenters. The van der Waals surface area contributed by atoms with Gasteiger partial charge in [-0.15, -0.1) is 0 Å². The van der Waals surface area contributed by atoms with Gasteiger partial charge in [0.2, 0.25) is 5.88 Å². The van der Waals surface area contributed by atoms with E-state index in [0.29, 0.717) is 54.8 Å². The number of nitrogens with one attached hydrogen (secondary N) is 1. The number of fused-ring (bicyclic) bond motifs is 4. The summed E-state index contributed by atoms with van der Waals surface area (Å²) in [6.07, 6.45) is 0.0789. The summed E-state index contributed by atoms with van der Waals surface area (Å²) >= 11 is 6.54. The fraction of sp³-hybridized carbons (Fsp3) is 0.462. The lowest BCUT2D eigenvalue weighted by Gasteiger charge is -2.36. The first-order valence-corrected chi connectivity index (χ1v) is 13.4. The first-order valence-electron chi connectivity index (χ1n) is 13.0. The normalized spacial score (nSPS) is 21.2. The lowest BCUT2D eigenvalue weighted by Crippen LogP contribution is -2.48. The van der Waals surface area contributed by atoms with Crippen molar-refractivity contribution in [3.8, 4) is 17.1 Å². The molecule has 0 spiro atoms. The summed E-state index contributed by atoms with van der Waals surface area (Å²) in [5, 5.41) is 6.95. The topological polar surface area (TPSA) is 107 Å². The highest BCUT2D eigenvalue weighted by Gasteiger charge is 2.41. The maximum absolute atomic E-state index is 13.6. The summed E-state index contributed by atoms with van der Waals surface area (Å²) in [5.41, 5.74) is 1.69. The van der Waals surface area contributed by atoms with E-state index >= 15 is 0 Å². The molecular formula is C26H27ClF3N7O4. The Balaban J connectivity index is 1.22. The van der Waals surface area contributed by atoms with Gasteiger partial charge in [0.1, 0.15) is 19.3 Å². The number of halogens is 4. The number of hydrogen-bond donors (Lipinski definition) is 1. The van der Waals surface area contributed by atoms with Crippen LogP contribution in [-0.4, -0.2) is 76.2 Å². The molecule has 218 valence electrons. The Hall–Kier alpha value is -3.62. The van der Waals surface area contributed by atoms with Crippen molar-refractivity contribution >= 4 is 34.8 Å². The molecule has 15 heteroatoms. The van der Waals surface area contributed by atoms with Gasteiger partial charge < -0.3 is 24.4 Å². The summed E-state index contributed by atoms with van der Waals surface area (Å²) in [5.74, 6) is 0.00970. The molecule has 0 radical (unpaired) electrons. The van der Waals surface area contributed by atoms with E-state index in [1.165, 1.54) is 18.6 Å². The highest BCUT2D eigenvalue weighted by atomic mass is 35.5. The van der Waals surface area contributed by atoms with Crippen molar-refractivity contribution in [3.05, 3.63) is 41.8 Å². The summed E-state index contributed by atoms with van der Waals surface area (Å²) in [7, 11) is 0. The van der Waals surface area contributed by atoms with Crippen LogP contribution >= 0.6 is 11.6 Å². The predicted molar refractivity (Wildman–Crippen MR) is 143 cm³/mol. The molecule has 0 unspecified atom stereocenters. The monoisotopic (exact) mass is 593 g/mol. The van der Waals surface area contributed by atoms with Crippen LogP contribution < -0.4 is 19.9 Å². The van der Waals surface area contributed by atoms with Crippen LogP contribution in [0.3, 0.4) is 0 Å². The Morgan fingerprint density at radius 2 is 2.15 bits per heavy atom. The second-order valence-corrected chi connectivity index (χ2v) is 10.9. The molecule has 3 aromatic heterocycles. The lowest BCUT2D eigenvalue weighted by atomic mass is 10.1. The number of alkyl halides is 3. The minimum absolute atomic E-state index is 0.155. The standard InChI is InChI=1S/C26H27ClF3N7O4/c1-25(2)40-13-18(41-25)12-39-21-7-16(3-5-31-21)33-24(38)37-17-4-6-35(11-17)20-8-19(27)22(34-23(20)37)15-9-32-36(10-15)14-26(28,29)30/h3,5,7-10,17-18H,4,6,11-14H2,1-2H3,(H,31,33,38)/t17-,18+/m0/s1. The van der Waals surface area contributed by atoms with Crippen molar-refractivity contribution in [3.63, 3.8) is 0 Å². The van der Waals surface area contributed by atoms with E-state index in [2.05, 4.69) is 25.3 Å². The molecule has 3 aliphatic heterocycles. The van der Waals surface area contributed by atoms with E-state index in [9.17, 15) is 18.0 Å². The third-order valence-electron chi connectivity index (χ3n) is 6.97. The van der Waals surface area contributed by atoms with E-state index in [1.54, 1.807) is 23.1 Å². The number of rotatable bonds is 6. The number of urea groups is 1. The van der Waals surface area contributed by atoms with Gasteiger partial charge in [-0.1, -0.05) is 11.6 Å². The zero-order valence-corrected chi connectivity index (χ0v) is 22.9. The number of nitrogens with zero attached hydrogens (tertiary/aromatic N) is 6. The molecule has 6 heterocycles. The fourth-order valence-electron chi connectivity index (χ4n) is 5.22. The smallest absolute Gasteiger partial charge is 0.408 e. The molecule has 0 saturated carbocycles. The third-order valence-corrected chi connectivity index (χ3v) is 7.26. The predicted octanol–water partition coefficient (Wildman–Crippen LogP) is 4.72. The van der Waals surface area contributed by atoms with Crippen LogP contribution in [0.4, 0.5) is 35.2 Å². The molecule has 2 fully saturated rings. The lowest BCUT2D eigenvalue weighted by molar-refractivity contribution is -0.142. The fourth-order valence-corrected chi connectivity index (χ4v) is 5.47. The molecule has 2 amide bonds. The first kappa shape index (κ1) is 27.5. The van der Waals surface area contributed by atoms with Crippen molar-refractivity contribution in [1.82, 2.24) is 19.7 Å². The Bertz CT molecular complexity index is 1470. The summed E-state index contributed by atoms with van der Waals surface area (Å²) < 4.78 is 56.4. The van der Waals surface area contributed by atoms with Crippen LogP contribution in [0, 0.1) is 0 Å². The van der Waals surface area contributed by atoms with Gasteiger partial charge in [-0.05, 0) is 32.4 Å². The van der Waals surface area contributed by atoms with Crippen molar-refractivity contribution in [2.75, 3.05) is 41.4 Å². The number of carbonyl (C=O) groups is 1. The van der Waals surface area contributed by atoms with Crippen LogP contribution in [0.25, 0.3) is 11.3 Å². The zero-order valence-electron chi connectivity index (χ0n) is 22.2. The minimum Gasteiger partial charge on any atom is -0.475 e. The molecule has 3 aromatic rings. The quantitative estimate of drug-likeness (QED) is 0.438. The van der Waals surface area contributed by atoms with E-state index in [-0.39, 0.29) is 29.5 Å².